The smallest absolute Gasteiger partial charge is 0.103 e. The lowest BCUT2D eigenvalue weighted by molar-refractivity contribution is 1.63. The molecule has 2 aromatic carbocycles. The first kappa shape index (κ1) is 10.9. The normalized spacial score (nSPS) is 10.3. The first-order valence-corrected chi connectivity index (χ1v) is 7.20. The molecule has 0 saturated heterocycles. The van der Waals surface area contributed by atoms with Gasteiger partial charge in [-0.15, -0.1) is 6.58 Å². The molecule has 0 aliphatic heterocycles. The fraction of sp³-hybridized carbons (Fsp3) is 0.0667. The van der Waals surface area contributed by atoms with E-state index in [9.17, 15) is 0 Å². The molecular formula is C15H15Si. The molecule has 2 aromatic rings. The molecule has 1 heteroatoms. The Balaban J connectivity index is 2.35. The number of allylic oxidation sites excluding steroid dienone is 1. The lowest BCUT2D eigenvalue weighted by Crippen LogP contribution is -2.41. The fourth-order valence-electron chi connectivity index (χ4n) is 1.83. The summed E-state index contributed by atoms with van der Waals surface area (Å²) in [6, 6.07) is 22.6. The van der Waals surface area contributed by atoms with Crippen molar-refractivity contribution in [3.63, 3.8) is 0 Å². The number of benzene rings is 2. The van der Waals surface area contributed by atoms with Crippen LogP contribution in [-0.4, -0.2) is 8.80 Å². The highest BCUT2D eigenvalue weighted by molar-refractivity contribution is 6.85. The summed E-state index contributed by atoms with van der Waals surface area (Å²) in [5.41, 5.74) is 0. The van der Waals surface area contributed by atoms with Crippen LogP contribution in [0.2, 0.25) is 6.04 Å². The Morgan fingerprint density at radius 2 is 1.25 bits per heavy atom. The second-order valence-corrected chi connectivity index (χ2v) is 6.22. The van der Waals surface area contributed by atoms with Gasteiger partial charge in [-0.2, -0.15) is 0 Å². The topological polar surface area (TPSA) is 0 Å². The van der Waals surface area contributed by atoms with Crippen molar-refractivity contribution in [1.82, 2.24) is 0 Å². The molecule has 0 aliphatic rings. The van der Waals surface area contributed by atoms with E-state index in [-0.39, 0.29) is 0 Å². The third-order valence-corrected chi connectivity index (χ3v) is 5.35. The Morgan fingerprint density at radius 1 is 0.812 bits per heavy atom. The van der Waals surface area contributed by atoms with Gasteiger partial charge >= 0.3 is 0 Å². The van der Waals surface area contributed by atoms with E-state index in [1.165, 1.54) is 10.4 Å². The molecule has 0 unspecified atom stereocenters. The van der Waals surface area contributed by atoms with Crippen LogP contribution in [-0.2, 0) is 0 Å². The first-order chi connectivity index (χ1) is 7.92. The van der Waals surface area contributed by atoms with Gasteiger partial charge in [0.1, 0.15) is 8.80 Å². The van der Waals surface area contributed by atoms with E-state index >= 15 is 0 Å². The summed E-state index contributed by atoms with van der Waals surface area (Å²) in [5.74, 6) is 0. The van der Waals surface area contributed by atoms with Crippen LogP contribution in [0.5, 0.6) is 0 Å². The molecular weight excluding hydrogens is 208 g/mol. The molecule has 0 atom stereocenters. The monoisotopic (exact) mass is 223 g/mol. The Kier molecular flexibility index (Phi) is 3.73. The second kappa shape index (κ2) is 5.47. The minimum Gasteiger partial charge on any atom is -0.103 e. The maximum absolute atomic E-state index is 3.88. The van der Waals surface area contributed by atoms with Gasteiger partial charge in [0.05, 0.1) is 0 Å². The van der Waals surface area contributed by atoms with Gasteiger partial charge < -0.3 is 0 Å². The van der Waals surface area contributed by atoms with Crippen LogP contribution in [0.1, 0.15) is 0 Å². The highest BCUT2D eigenvalue weighted by Crippen LogP contribution is 1.98. The zero-order valence-electron chi connectivity index (χ0n) is 9.27. The van der Waals surface area contributed by atoms with Crippen molar-refractivity contribution in [2.24, 2.45) is 0 Å². The summed E-state index contributed by atoms with van der Waals surface area (Å²) in [6.07, 6.45) is 2.04. The van der Waals surface area contributed by atoms with Gasteiger partial charge in [0.25, 0.3) is 0 Å². The molecule has 16 heavy (non-hydrogen) atoms. The van der Waals surface area contributed by atoms with Gasteiger partial charge in [-0.25, -0.2) is 0 Å². The summed E-state index contributed by atoms with van der Waals surface area (Å²) >= 11 is 0. The summed E-state index contributed by atoms with van der Waals surface area (Å²) < 4.78 is 0. The summed E-state index contributed by atoms with van der Waals surface area (Å²) in [6.45, 7) is 3.88. The Morgan fingerprint density at radius 3 is 1.62 bits per heavy atom. The van der Waals surface area contributed by atoms with E-state index in [0.29, 0.717) is 0 Å². The van der Waals surface area contributed by atoms with Gasteiger partial charge in [0, 0.05) is 0 Å². The van der Waals surface area contributed by atoms with E-state index in [4.69, 9.17) is 0 Å². The van der Waals surface area contributed by atoms with Crippen LogP contribution in [0.4, 0.5) is 0 Å². The van der Waals surface area contributed by atoms with Crippen molar-refractivity contribution in [3.05, 3.63) is 73.3 Å². The number of rotatable bonds is 4. The maximum atomic E-state index is 3.88. The zero-order chi connectivity index (χ0) is 11.2. The quantitative estimate of drug-likeness (QED) is 0.552. The van der Waals surface area contributed by atoms with E-state index in [1.807, 2.05) is 6.08 Å². The van der Waals surface area contributed by atoms with Crippen LogP contribution in [0.3, 0.4) is 0 Å². The van der Waals surface area contributed by atoms with Crippen molar-refractivity contribution >= 4 is 19.2 Å². The predicted molar refractivity (Wildman–Crippen MR) is 72.9 cm³/mol. The van der Waals surface area contributed by atoms with E-state index in [0.717, 1.165) is 6.04 Å². The van der Waals surface area contributed by atoms with Crippen LogP contribution in [0.25, 0.3) is 0 Å². The molecule has 0 amide bonds. The van der Waals surface area contributed by atoms with Crippen molar-refractivity contribution in [2.45, 2.75) is 6.04 Å². The van der Waals surface area contributed by atoms with Crippen molar-refractivity contribution in [2.75, 3.05) is 0 Å². The van der Waals surface area contributed by atoms with Crippen LogP contribution < -0.4 is 10.4 Å². The zero-order valence-corrected chi connectivity index (χ0v) is 10.3. The van der Waals surface area contributed by atoms with Crippen molar-refractivity contribution in [1.29, 1.82) is 0 Å². The van der Waals surface area contributed by atoms with Gasteiger partial charge in [-0.05, 0) is 6.04 Å². The summed E-state index contributed by atoms with van der Waals surface area (Å²) in [4.78, 5) is 0. The molecule has 0 aliphatic carbocycles. The minimum absolute atomic E-state index is 0.669. The molecule has 1 radical (unpaired) electrons. The Bertz CT molecular complexity index is 394. The number of hydrogen-bond acceptors (Lipinski definition) is 0. The number of hydrogen-bond donors (Lipinski definition) is 0. The van der Waals surface area contributed by atoms with Gasteiger partial charge in [-0.3, -0.25) is 0 Å². The first-order valence-electron chi connectivity index (χ1n) is 5.49. The average Bonchev–Trinajstić information content (AvgIpc) is 2.38. The fourth-order valence-corrected chi connectivity index (χ4v) is 4.11. The Labute approximate surface area is 98.9 Å². The molecule has 0 bridgehead atoms. The van der Waals surface area contributed by atoms with E-state index in [1.54, 1.807) is 0 Å². The van der Waals surface area contributed by atoms with Gasteiger partial charge in [0.15, 0.2) is 0 Å². The Hall–Kier alpha value is -1.60. The molecule has 0 heterocycles. The lowest BCUT2D eigenvalue weighted by Gasteiger charge is -2.13. The molecule has 0 fully saturated rings. The van der Waals surface area contributed by atoms with E-state index < -0.39 is 8.80 Å². The van der Waals surface area contributed by atoms with Crippen LogP contribution in [0.15, 0.2) is 73.3 Å². The van der Waals surface area contributed by atoms with Crippen molar-refractivity contribution < 1.29 is 0 Å². The molecule has 2 rings (SSSR count). The highest BCUT2D eigenvalue weighted by Gasteiger charge is 2.13. The van der Waals surface area contributed by atoms with E-state index in [2.05, 4.69) is 67.2 Å². The third-order valence-electron chi connectivity index (χ3n) is 2.59. The van der Waals surface area contributed by atoms with Gasteiger partial charge in [0.2, 0.25) is 0 Å². The molecule has 0 spiro atoms. The SMILES string of the molecule is C=CC[Si](c1ccccc1)c1ccccc1. The molecule has 0 N–H and O–H groups in total. The molecule has 79 valence electrons. The highest BCUT2D eigenvalue weighted by atomic mass is 28.3. The summed E-state index contributed by atoms with van der Waals surface area (Å²) in [7, 11) is -0.669. The van der Waals surface area contributed by atoms with Crippen LogP contribution >= 0.6 is 0 Å². The predicted octanol–water partition coefficient (Wildman–Crippen LogP) is 2.48. The van der Waals surface area contributed by atoms with Crippen LogP contribution in [0, 0.1) is 0 Å². The standard InChI is InChI=1S/C15H15Si/c1-2-13-16(14-9-5-3-6-10-14)15-11-7-4-8-12-15/h2-12H,1,13H2. The average molecular weight is 223 g/mol. The largest absolute Gasteiger partial charge is 0.125 e. The third kappa shape index (κ3) is 2.50. The lowest BCUT2D eigenvalue weighted by atomic mass is 10.4. The second-order valence-electron chi connectivity index (χ2n) is 3.70. The van der Waals surface area contributed by atoms with Gasteiger partial charge in [-0.1, -0.05) is 77.1 Å². The summed E-state index contributed by atoms with van der Waals surface area (Å²) in [5, 5.41) is 2.91. The molecule has 0 saturated carbocycles. The molecule has 0 nitrogen and oxygen atoms in total. The van der Waals surface area contributed by atoms with Crippen molar-refractivity contribution in [3.8, 4) is 0 Å². The maximum Gasteiger partial charge on any atom is 0.125 e. The molecule has 0 aromatic heterocycles. The minimum atomic E-state index is -0.669.